The second kappa shape index (κ2) is 7.84. The molecule has 2 aromatic rings. The molecule has 0 spiro atoms. The Morgan fingerprint density at radius 1 is 1.32 bits per heavy atom. The summed E-state index contributed by atoms with van der Waals surface area (Å²) in [5.74, 6) is 1.38. The predicted octanol–water partition coefficient (Wildman–Crippen LogP) is 3.63. The second-order valence-corrected chi connectivity index (χ2v) is 6.18. The Morgan fingerprint density at radius 2 is 2.05 bits per heavy atom. The van der Waals surface area contributed by atoms with Crippen LogP contribution in [0.15, 0.2) is 40.7 Å². The van der Waals surface area contributed by atoms with E-state index in [0.29, 0.717) is 18.5 Å². The fraction of sp³-hybridized carbons (Fsp3) is 0.353. The Morgan fingerprint density at radius 3 is 2.68 bits per heavy atom. The SMILES string of the molecule is CCC(C)NC(N)=NCc1cc(-c2ccc(OC)cc2)cs1. The third-order valence-corrected chi connectivity index (χ3v) is 4.41. The van der Waals surface area contributed by atoms with Crippen molar-refractivity contribution < 1.29 is 4.74 Å². The van der Waals surface area contributed by atoms with Crippen LogP contribution in [0.2, 0.25) is 0 Å². The maximum Gasteiger partial charge on any atom is 0.189 e. The number of nitrogens with two attached hydrogens (primary N) is 1. The zero-order valence-corrected chi connectivity index (χ0v) is 14.1. The monoisotopic (exact) mass is 317 g/mol. The fourth-order valence-corrected chi connectivity index (χ4v) is 2.78. The van der Waals surface area contributed by atoms with Gasteiger partial charge in [0.2, 0.25) is 0 Å². The first-order chi connectivity index (χ1) is 10.6. The number of ether oxygens (including phenoxy) is 1. The van der Waals surface area contributed by atoms with Gasteiger partial charge in [0, 0.05) is 10.9 Å². The van der Waals surface area contributed by atoms with Crippen LogP contribution in [0.25, 0.3) is 11.1 Å². The molecule has 0 radical (unpaired) electrons. The standard InChI is InChI=1S/C17H23N3OS/c1-4-12(2)20-17(18)19-10-16-9-14(11-22-16)13-5-7-15(21-3)8-6-13/h5-9,11-12H,4,10H2,1-3H3,(H3,18,19,20). The lowest BCUT2D eigenvalue weighted by Gasteiger charge is -2.11. The molecule has 0 saturated carbocycles. The number of benzene rings is 1. The van der Waals surface area contributed by atoms with Crippen LogP contribution in [0.5, 0.6) is 5.75 Å². The highest BCUT2D eigenvalue weighted by Crippen LogP contribution is 2.27. The maximum atomic E-state index is 5.88. The van der Waals surface area contributed by atoms with Gasteiger partial charge in [-0.15, -0.1) is 11.3 Å². The molecule has 1 atom stereocenters. The molecule has 0 bridgehead atoms. The largest absolute Gasteiger partial charge is 0.497 e. The molecule has 1 aromatic carbocycles. The average molecular weight is 317 g/mol. The van der Waals surface area contributed by atoms with E-state index in [1.54, 1.807) is 18.4 Å². The molecule has 0 aliphatic carbocycles. The van der Waals surface area contributed by atoms with Gasteiger partial charge in [0.05, 0.1) is 13.7 Å². The van der Waals surface area contributed by atoms with E-state index >= 15 is 0 Å². The molecule has 1 aromatic heterocycles. The highest BCUT2D eigenvalue weighted by atomic mass is 32.1. The quantitative estimate of drug-likeness (QED) is 0.632. The summed E-state index contributed by atoms with van der Waals surface area (Å²) < 4.78 is 5.18. The molecule has 1 heterocycles. The molecule has 2 rings (SSSR count). The number of hydrogen-bond acceptors (Lipinski definition) is 3. The first kappa shape index (κ1) is 16.4. The van der Waals surface area contributed by atoms with Crippen molar-refractivity contribution in [1.29, 1.82) is 0 Å². The van der Waals surface area contributed by atoms with E-state index in [-0.39, 0.29) is 0 Å². The van der Waals surface area contributed by atoms with Crippen molar-refractivity contribution in [2.24, 2.45) is 10.7 Å². The molecule has 0 aliphatic heterocycles. The zero-order valence-electron chi connectivity index (χ0n) is 13.3. The highest BCUT2D eigenvalue weighted by molar-refractivity contribution is 7.10. The predicted molar refractivity (Wildman–Crippen MR) is 94.5 cm³/mol. The minimum absolute atomic E-state index is 0.349. The summed E-state index contributed by atoms with van der Waals surface area (Å²) in [6.07, 6.45) is 1.02. The molecule has 118 valence electrons. The van der Waals surface area contributed by atoms with Crippen molar-refractivity contribution in [1.82, 2.24) is 5.32 Å². The number of aliphatic imine (C=N–C) groups is 1. The smallest absolute Gasteiger partial charge is 0.189 e. The molecule has 0 amide bonds. The van der Waals surface area contributed by atoms with E-state index in [2.05, 4.69) is 47.7 Å². The summed E-state index contributed by atoms with van der Waals surface area (Å²) in [6, 6.07) is 10.6. The highest BCUT2D eigenvalue weighted by Gasteiger charge is 2.04. The first-order valence-electron chi connectivity index (χ1n) is 7.40. The lowest BCUT2D eigenvalue weighted by Crippen LogP contribution is -2.37. The molecule has 0 aliphatic rings. The molecular weight excluding hydrogens is 294 g/mol. The summed E-state index contributed by atoms with van der Waals surface area (Å²) in [5.41, 5.74) is 8.26. The summed E-state index contributed by atoms with van der Waals surface area (Å²) in [5, 5.41) is 5.31. The minimum atomic E-state index is 0.349. The van der Waals surface area contributed by atoms with Gasteiger partial charge < -0.3 is 15.8 Å². The number of hydrogen-bond donors (Lipinski definition) is 2. The van der Waals surface area contributed by atoms with Crippen LogP contribution in [-0.2, 0) is 6.54 Å². The molecule has 22 heavy (non-hydrogen) atoms. The van der Waals surface area contributed by atoms with Crippen molar-refractivity contribution in [3.8, 4) is 16.9 Å². The van der Waals surface area contributed by atoms with E-state index in [1.807, 2.05) is 12.1 Å². The van der Waals surface area contributed by atoms with Crippen LogP contribution in [0.3, 0.4) is 0 Å². The van der Waals surface area contributed by atoms with Gasteiger partial charge in [-0.25, -0.2) is 4.99 Å². The van der Waals surface area contributed by atoms with E-state index in [0.717, 1.165) is 12.2 Å². The molecule has 5 heteroatoms. The Hall–Kier alpha value is -2.01. The van der Waals surface area contributed by atoms with E-state index in [9.17, 15) is 0 Å². The van der Waals surface area contributed by atoms with Gasteiger partial charge in [-0.1, -0.05) is 19.1 Å². The van der Waals surface area contributed by atoms with Crippen molar-refractivity contribution in [2.75, 3.05) is 7.11 Å². The normalized spacial score (nSPS) is 13.0. The summed E-state index contributed by atoms with van der Waals surface area (Å²) >= 11 is 1.70. The van der Waals surface area contributed by atoms with Crippen LogP contribution in [-0.4, -0.2) is 19.1 Å². The average Bonchev–Trinajstić information content (AvgIpc) is 3.02. The molecular formula is C17H23N3OS. The Labute approximate surface area is 136 Å². The zero-order chi connectivity index (χ0) is 15.9. The van der Waals surface area contributed by atoms with Crippen LogP contribution < -0.4 is 15.8 Å². The molecule has 1 unspecified atom stereocenters. The first-order valence-corrected chi connectivity index (χ1v) is 8.28. The lowest BCUT2D eigenvalue weighted by molar-refractivity contribution is 0.415. The second-order valence-electron chi connectivity index (χ2n) is 5.19. The van der Waals surface area contributed by atoms with E-state index in [1.165, 1.54) is 16.0 Å². The van der Waals surface area contributed by atoms with Gasteiger partial charge >= 0.3 is 0 Å². The topological polar surface area (TPSA) is 59.6 Å². The van der Waals surface area contributed by atoms with E-state index in [4.69, 9.17) is 10.5 Å². The Kier molecular flexibility index (Phi) is 5.83. The maximum absolute atomic E-state index is 5.88. The van der Waals surface area contributed by atoms with Crippen molar-refractivity contribution in [3.63, 3.8) is 0 Å². The van der Waals surface area contributed by atoms with Crippen molar-refractivity contribution >= 4 is 17.3 Å². The van der Waals surface area contributed by atoms with E-state index < -0.39 is 0 Å². The number of guanidine groups is 1. The van der Waals surface area contributed by atoms with Gasteiger partial charge in [-0.05, 0) is 48.1 Å². The van der Waals surface area contributed by atoms with Gasteiger partial charge in [0.25, 0.3) is 0 Å². The summed E-state index contributed by atoms with van der Waals surface area (Å²) in [7, 11) is 1.67. The van der Waals surface area contributed by atoms with Crippen molar-refractivity contribution in [3.05, 3.63) is 40.6 Å². The number of nitrogens with one attached hydrogen (secondary N) is 1. The molecule has 3 N–H and O–H groups in total. The third kappa shape index (κ3) is 4.49. The number of thiophene rings is 1. The van der Waals surface area contributed by atoms with Gasteiger partial charge in [0.1, 0.15) is 5.75 Å². The Balaban J connectivity index is 2.00. The third-order valence-electron chi connectivity index (χ3n) is 3.49. The van der Waals surface area contributed by atoms with Gasteiger partial charge in [-0.2, -0.15) is 0 Å². The molecule has 0 saturated heterocycles. The molecule has 0 fully saturated rings. The Bertz CT molecular complexity index is 619. The van der Waals surface area contributed by atoms with Crippen LogP contribution in [0.1, 0.15) is 25.1 Å². The van der Waals surface area contributed by atoms with Crippen LogP contribution in [0, 0.1) is 0 Å². The lowest BCUT2D eigenvalue weighted by atomic mass is 10.1. The molecule has 4 nitrogen and oxygen atoms in total. The van der Waals surface area contributed by atoms with Crippen LogP contribution >= 0.6 is 11.3 Å². The number of rotatable bonds is 6. The number of methoxy groups -OCH3 is 1. The van der Waals surface area contributed by atoms with Crippen LogP contribution in [0.4, 0.5) is 0 Å². The minimum Gasteiger partial charge on any atom is -0.497 e. The fourth-order valence-electron chi connectivity index (χ4n) is 1.96. The van der Waals surface area contributed by atoms with Gasteiger partial charge in [-0.3, -0.25) is 0 Å². The summed E-state index contributed by atoms with van der Waals surface area (Å²) in [4.78, 5) is 5.58. The van der Waals surface area contributed by atoms with Gasteiger partial charge in [0.15, 0.2) is 5.96 Å². The number of nitrogens with zero attached hydrogens (tertiary/aromatic N) is 1. The van der Waals surface area contributed by atoms with Crippen molar-refractivity contribution in [2.45, 2.75) is 32.9 Å². The summed E-state index contributed by atoms with van der Waals surface area (Å²) in [6.45, 7) is 4.82.